The molecule has 0 unspecified atom stereocenters. The second kappa shape index (κ2) is 14.7. The van der Waals surface area contributed by atoms with Gasteiger partial charge >= 0.3 is 33.3 Å². The SMILES string of the molecule is O.O.OCc1ccccc1.[Cl][Cu][Cl]. The van der Waals surface area contributed by atoms with E-state index in [1.165, 1.54) is 0 Å². The van der Waals surface area contributed by atoms with Gasteiger partial charge in [0.2, 0.25) is 0 Å². The van der Waals surface area contributed by atoms with Crippen molar-refractivity contribution < 1.29 is 29.2 Å². The molecule has 3 nitrogen and oxygen atoms in total. The summed E-state index contributed by atoms with van der Waals surface area (Å²) < 4.78 is 0. The van der Waals surface area contributed by atoms with Crippen molar-refractivity contribution in [3.05, 3.63) is 35.9 Å². The molecule has 0 heterocycles. The summed E-state index contributed by atoms with van der Waals surface area (Å²) in [6.07, 6.45) is 0. The summed E-state index contributed by atoms with van der Waals surface area (Å²) >= 11 is 0.757. The van der Waals surface area contributed by atoms with Crippen LogP contribution in [-0.4, -0.2) is 16.1 Å². The molecule has 0 fully saturated rings. The molecular formula is C7H12Cl2CuO3. The first-order valence-corrected chi connectivity index (χ1v) is 5.40. The number of halogens is 2. The normalized spacial score (nSPS) is 7.31. The van der Waals surface area contributed by atoms with E-state index in [1.807, 2.05) is 30.3 Å². The Balaban J connectivity index is -0.000000180. The summed E-state index contributed by atoms with van der Waals surface area (Å²) in [7, 11) is 9.34. The van der Waals surface area contributed by atoms with Crippen molar-refractivity contribution in [2.24, 2.45) is 0 Å². The van der Waals surface area contributed by atoms with Gasteiger partial charge in [-0.05, 0) is 5.56 Å². The van der Waals surface area contributed by atoms with Gasteiger partial charge in [-0.25, -0.2) is 0 Å². The molecule has 6 heteroatoms. The number of hydrogen-bond acceptors (Lipinski definition) is 1. The summed E-state index contributed by atoms with van der Waals surface area (Å²) in [6.45, 7) is 0.140. The first-order valence-electron chi connectivity index (χ1n) is 2.81. The van der Waals surface area contributed by atoms with Gasteiger partial charge in [0.15, 0.2) is 0 Å². The van der Waals surface area contributed by atoms with Gasteiger partial charge in [-0.1, -0.05) is 30.3 Å². The Morgan fingerprint density at radius 3 is 1.69 bits per heavy atom. The van der Waals surface area contributed by atoms with Gasteiger partial charge < -0.3 is 16.1 Å². The molecule has 0 spiro atoms. The topological polar surface area (TPSA) is 83.2 Å². The zero-order valence-corrected chi connectivity index (χ0v) is 9.05. The Hall–Kier alpha value is 0.199. The van der Waals surface area contributed by atoms with Crippen LogP contribution >= 0.6 is 20.2 Å². The summed E-state index contributed by atoms with van der Waals surface area (Å²) in [4.78, 5) is 0. The zero-order chi connectivity index (χ0) is 8.53. The van der Waals surface area contributed by atoms with E-state index in [4.69, 9.17) is 5.11 Å². The average molecular weight is 279 g/mol. The molecule has 0 aliphatic heterocycles. The van der Waals surface area contributed by atoms with E-state index < -0.39 is 0 Å². The minimum atomic E-state index is 0. The molecule has 1 rings (SSSR count). The summed E-state index contributed by atoms with van der Waals surface area (Å²) in [5.41, 5.74) is 0.965. The second-order valence-corrected chi connectivity index (χ2v) is 3.24. The molecule has 13 heavy (non-hydrogen) atoms. The van der Waals surface area contributed by atoms with Crippen molar-refractivity contribution in [3.63, 3.8) is 0 Å². The average Bonchev–Trinajstić information content (AvgIpc) is 2.08. The van der Waals surface area contributed by atoms with Crippen molar-refractivity contribution in [1.29, 1.82) is 0 Å². The molecule has 0 atom stereocenters. The number of hydrogen-bond donors (Lipinski definition) is 1. The molecule has 1 aromatic rings. The molecule has 0 aliphatic carbocycles. The fourth-order valence-corrected chi connectivity index (χ4v) is 0.583. The maximum atomic E-state index is 8.54. The van der Waals surface area contributed by atoms with Crippen molar-refractivity contribution >= 4 is 20.2 Å². The van der Waals surface area contributed by atoms with Crippen LogP contribution in [0.3, 0.4) is 0 Å². The Kier molecular flexibility index (Phi) is 21.4. The standard InChI is InChI=1S/C7H8O.2ClH.Cu.2H2O/c8-6-7-4-2-1-3-5-7;;;;;/h1-5,8H,6H2;2*1H;;2*1H2/q;;;+2;;/p-2. The zero-order valence-electron chi connectivity index (χ0n) is 6.60. The van der Waals surface area contributed by atoms with Crippen molar-refractivity contribution in [1.82, 2.24) is 0 Å². The predicted octanol–water partition coefficient (Wildman–Crippen LogP) is 0.906. The van der Waals surface area contributed by atoms with Crippen LogP contribution in [-0.2, 0) is 19.7 Å². The third-order valence-corrected chi connectivity index (χ3v) is 1.03. The van der Waals surface area contributed by atoms with Crippen molar-refractivity contribution in [2.45, 2.75) is 6.61 Å². The second-order valence-electron chi connectivity index (χ2n) is 1.69. The molecule has 0 aromatic heterocycles. The van der Waals surface area contributed by atoms with Gasteiger partial charge in [-0.15, -0.1) is 0 Å². The third kappa shape index (κ3) is 12.2. The molecular weight excluding hydrogens is 267 g/mol. The van der Waals surface area contributed by atoms with Crippen LogP contribution in [0.15, 0.2) is 30.3 Å². The third-order valence-electron chi connectivity index (χ3n) is 1.03. The Labute approximate surface area is 91.9 Å². The summed E-state index contributed by atoms with van der Waals surface area (Å²) in [5, 5.41) is 8.54. The molecule has 0 saturated carbocycles. The van der Waals surface area contributed by atoms with Crippen LogP contribution in [0.1, 0.15) is 5.56 Å². The number of aliphatic hydroxyl groups is 1. The predicted molar refractivity (Wildman–Crippen MR) is 51.3 cm³/mol. The molecule has 0 radical (unpaired) electrons. The first kappa shape index (κ1) is 18.9. The van der Waals surface area contributed by atoms with E-state index in [9.17, 15) is 0 Å². The molecule has 1 aromatic carbocycles. The quantitative estimate of drug-likeness (QED) is 0.761. The van der Waals surface area contributed by atoms with E-state index >= 15 is 0 Å². The van der Waals surface area contributed by atoms with Crippen molar-refractivity contribution in [2.75, 3.05) is 0 Å². The molecule has 5 N–H and O–H groups in total. The van der Waals surface area contributed by atoms with Gasteiger partial charge in [-0.2, -0.15) is 0 Å². The van der Waals surface area contributed by atoms with Gasteiger partial charge in [0.05, 0.1) is 6.61 Å². The summed E-state index contributed by atoms with van der Waals surface area (Å²) in [6, 6.07) is 9.52. The fourth-order valence-electron chi connectivity index (χ4n) is 0.583. The molecule has 83 valence electrons. The Morgan fingerprint density at radius 2 is 1.46 bits per heavy atom. The number of benzene rings is 1. The van der Waals surface area contributed by atoms with Gasteiger partial charge in [0.1, 0.15) is 0 Å². The van der Waals surface area contributed by atoms with Gasteiger partial charge in [0.25, 0.3) is 0 Å². The van der Waals surface area contributed by atoms with Crippen LogP contribution in [0.2, 0.25) is 0 Å². The molecule has 0 aliphatic rings. The van der Waals surface area contributed by atoms with E-state index in [-0.39, 0.29) is 17.6 Å². The van der Waals surface area contributed by atoms with Crippen LogP contribution in [0.5, 0.6) is 0 Å². The van der Waals surface area contributed by atoms with Crippen LogP contribution < -0.4 is 0 Å². The summed E-state index contributed by atoms with van der Waals surface area (Å²) in [5.74, 6) is 0. The molecule has 0 bridgehead atoms. The van der Waals surface area contributed by atoms with E-state index in [0.29, 0.717) is 0 Å². The Bertz CT molecular complexity index is 175. The van der Waals surface area contributed by atoms with E-state index in [1.54, 1.807) is 0 Å². The monoisotopic (exact) mass is 277 g/mol. The van der Waals surface area contributed by atoms with Gasteiger partial charge in [-0.3, -0.25) is 0 Å². The molecule has 0 amide bonds. The minimum absolute atomic E-state index is 0. The van der Waals surface area contributed by atoms with Crippen LogP contribution in [0.25, 0.3) is 0 Å². The van der Waals surface area contributed by atoms with Crippen LogP contribution in [0.4, 0.5) is 0 Å². The molecule has 0 saturated heterocycles. The van der Waals surface area contributed by atoms with Gasteiger partial charge in [0, 0.05) is 0 Å². The van der Waals surface area contributed by atoms with Crippen molar-refractivity contribution in [3.8, 4) is 0 Å². The Morgan fingerprint density at radius 1 is 1.08 bits per heavy atom. The number of aliphatic hydroxyl groups excluding tert-OH is 1. The van der Waals surface area contributed by atoms with E-state index in [2.05, 4.69) is 20.2 Å². The van der Waals surface area contributed by atoms with Crippen LogP contribution in [0, 0.1) is 0 Å². The fraction of sp³-hybridized carbons (Fsp3) is 0.143. The first-order chi connectivity index (χ1) is 5.35. The van der Waals surface area contributed by atoms with E-state index in [0.717, 1.165) is 18.7 Å². The number of rotatable bonds is 1. The maximum absolute atomic E-state index is 8.54.